The molecule has 1 aromatic heterocycles. The monoisotopic (exact) mass is 317 g/mol. The molecule has 1 aromatic rings. The largest absolute Gasteiger partial charge is 0.315 e. The van der Waals surface area contributed by atoms with Crippen LogP contribution in [-0.2, 0) is 6.42 Å². The Kier molecular flexibility index (Phi) is 6.75. The van der Waals surface area contributed by atoms with E-state index in [1.54, 1.807) is 0 Å². The molecule has 1 unspecified atom stereocenters. The maximum absolute atomic E-state index is 3.58. The first-order valence-electron chi connectivity index (χ1n) is 6.47. The van der Waals surface area contributed by atoms with Gasteiger partial charge in [-0.2, -0.15) is 0 Å². The number of hydrogen-bond acceptors (Lipinski definition) is 2. The minimum absolute atomic E-state index is 0.609. The van der Waals surface area contributed by atoms with Gasteiger partial charge in [0.2, 0.25) is 0 Å². The molecule has 0 fully saturated rings. The fourth-order valence-electron chi connectivity index (χ4n) is 1.79. The highest BCUT2D eigenvalue weighted by Crippen LogP contribution is 2.28. The van der Waals surface area contributed by atoms with Crippen molar-refractivity contribution in [1.29, 1.82) is 0 Å². The highest BCUT2D eigenvalue weighted by Gasteiger charge is 2.06. The summed E-state index contributed by atoms with van der Waals surface area (Å²) < 4.78 is 1.27. The Morgan fingerprint density at radius 3 is 2.53 bits per heavy atom. The van der Waals surface area contributed by atoms with E-state index in [0.717, 1.165) is 12.5 Å². The van der Waals surface area contributed by atoms with Crippen LogP contribution in [0.15, 0.2) is 10.5 Å². The summed E-state index contributed by atoms with van der Waals surface area (Å²) in [5.41, 5.74) is 0. The summed E-state index contributed by atoms with van der Waals surface area (Å²) in [6.07, 6.45) is 3.80. The minimum Gasteiger partial charge on any atom is -0.315 e. The minimum atomic E-state index is 0.609. The predicted molar refractivity (Wildman–Crippen MR) is 82.0 cm³/mol. The molecule has 0 bridgehead atoms. The molecule has 0 aliphatic heterocycles. The highest BCUT2D eigenvalue weighted by atomic mass is 79.9. The van der Waals surface area contributed by atoms with Gasteiger partial charge in [0.15, 0.2) is 0 Å². The Morgan fingerprint density at radius 1 is 1.29 bits per heavy atom. The molecule has 0 aliphatic carbocycles. The molecular weight excluding hydrogens is 294 g/mol. The zero-order valence-electron chi connectivity index (χ0n) is 11.3. The summed E-state index contributed by atoms with van der Waals surface area (Å²) in [7, 11) is 0. The van der Waals surface area contributed by atoms with Gasteiger partial charge in [-0.15, -0.1) is 11.3 Å². The van der Waals surface area contributed by atoms with Crippen molar-refractivity contribution in [2.75, 3.05) is 6.54 Å². The van der Waals surface area contributed by atoms with Gasteiger partial charge < -0.3 is 5.32 Å². The van der Waals surface area contributed by atoms with Crippen LogP contribution in [0.5, 0.6) is 0 Å². The van der Waals surface area contributed by atoms with Crippen LogP contribution in [0.25, 0.3) is 0 Å². The number of aryl methyl sites for hydroxylation is 2. The Balaban J connectivity index is 2.21. The smallest absolute Gasteiger partial charge is 0.0314 e. The van der Waals surface area contributed by atoms with Crippen molar-refractivity contribution < 1.29 is 0 Å². The van der Waals surface area contributed by atoms with Crippen molar-refractivity contribution in [3.05, 3.63) is 20.3 Å². The summed E-state index contributed by atoms with van der Waals surface area (Å²) in [4.78, 5) is 2.91. The van der Waals surface area contributed by atoms with Gasteiger partial charge in [-0.25, -0.2) is 0 Å². The molecule has 98 valence electrons. The molecule has 0 saturated carbocycles. The normalized spacial score (nSPS) is 13.3. The molecular formula is C14H24BrNS. The molecule has 1 atom stereocenters. The second-order valence-corrected chi connectivity index (χ2v) is 7.35. The van der Waals surface area contributed by atoms with E-state index >= 15 is 0 Å². The molecule has 0 saturated heterocycles. The molecule has 0 spiro atoms. The molecule has 0 amide bonds. The first-order chi connectivity index (χ1) is 7.99. The maximum Gasteiger partial charge on any atom is 0.0314 e. The van der Waals surface area contributed by atoms with Gasteiger partial charge in [0.05, 0.1) is 0 Å². The molecule has 17 heavy (non-hydrogen) atoms. The summed E-state index contributed by atoms with van der Waals surface area (Å²) in [5.74, 6) is 0.808. The van der Waals surface area contributed by atoms with Gasteiger partial charge in [0.25, 0.3) is 0 Å². The summed E-state index contributed by atoms with van der Waals surface area (Å²) in [6.45, 7) is 10.1. The van der Waals surface area contributed by atoms with Gasteiger partial charge in [-0.3, -0.25) is 0 Å². The standard InChI is InChI=1S/C14H24BrNS/c1-10(2)16-8-7-11(3)5-6-13-9-14(15)12(4)17-13/h9-11,16H,5-8H2,1-4H3. The Morgan fingerprint density at radius 2 is 2.00 bits per heavy atom. The topological polar surface area (TPSA) is 12.0 Å². The van der Waals surface area contributed by atoms with Crippen LogP contribution in [0.1, 0.15) is 43.4 Å². The molecule has 1 N–H and O–H groups in total. The van der Waals surface area contributed by atoms with E-state index in [1.807, 2.05) is 11.3 Å². The van der Waals surface area contributed by atoms with Gasteiger partial charge in [0.1, 0.15) is 0 Å². The van der Waals surface area contributed by atoms with Crippen LogP contribution >= 0.6 is 27.3 Å². The van der Waals surface area contributed by atoms with E-state index in [2.05, 4.69) is 55.0 Å². The summed E-state index contributed by atoms with van der Waals surface area (Å²) >= 11 is 5.50. The van der Waals surface area contributed by atoms with Crippen LogP contribution in [0.2, 0.25) is 0 Å². The molecule has 1 rings (SSSR count). The second kappa shape index (κ2) is 7.55. The zero-order chi connectivity index (χ0) is 12.8. The zero-order valence-corrected chi connectivity index (χ0v) is 13.7. The Labute approximate surface area is 118 Å². The molecule has 0 aromatic carbocycles. The average molecular weight is 318 g/mol. The SMILES string of the molecule is Cc1sc(CCC(C)CCNC(C)C)cc1Br. The molecule has 0 aliphatic rings. The lowest BCUT2D eigenvalue weighted by Gasteiger charge is -2.13. The molecule has 1 nitrogen and oxygen atoms in total. The number of hydrogen-bond donors (Lipinski definition) is 1. The first-order valence-corrected chi connectivity index (χ1v) is 8.08. The fourth-order valence-corrected chi connectivity index (χ4v) is 3.41. The first kappa shape index (κ1) is 15.2. The van der Waals surface area contributed by atoms with E-state index in [4.69, 9.17) is 0 Å². The lowest BCUT2D eigenvalue weighted by Crippen LogP contribution is -2.24. The number of nitrogens with one attached hydrogen (secondary N) is 1. The van der Waals surface area contributed by atoms with Gasteiger partial charge >= 0.3 is 0 Å². The van der Waals surface area contributed by atoms with Crippen molar-refractivity contribution in [1.82, 2.24) is 5.32 Å². The van der Waals surface area contributed by atoms with Gasteiger partial charge in [0, 0.05) is 20.3 Å². The summed E-state index contributed by atoms with van der Waals surface area (Å²) in [5, 5.41) is 3.48. The number of thiophene rings is 1. The fraction of sp³-hybridized carbons (Fsp3) is 0.714. The van der Waals surface area contributed by atoms with Crippen molar-refractivity contribution >= 4 is 27.3 Å². The molecule has 1 heterocycles. The third-order valence-corrected chi connectivity index (χ3v) is 5.18. The summed E-state index contributed by atoms with van der Waals surface area (Å²) in [6, 6.07) is 2.89. The van der Waals surface area contributed by atoms with Crippen LogP contribution < -0.4 is 5.32 Å². The lowest BCUT2D eigenvalue weighted by molar-refractivity contribution is 0.455. The van der Waals surface area contributed by atoms with Crippen LogP contribution in [0.4, 0.5) is 0 Å². The van der Waals surface area contributed by atoms with Gasteiger partial charge in [-0.1, -0.05) is 20.8 Å². The number of halogens is 1. The molecule has 0 radical (unpaired) electrons. The van der Waals surface area contributed by atoms with E-state index in [-0.39, 0.29) is 0 Å². The second-order valence-electron chi connectivity index (χ2n) is 5.16. The van der Waals surface area contributed by atoms with Gasteiger partial charge in [-0.05, 0) is 60.6 Å². The Hall–Kier alpha value is 0.140. The Bertz CT molecular complexity index is 313. The van der Waals surface area contributed by atoms with Crippen molar-refractivity contribution in [3.63, 3.8) is 0 Å². The quantitative estimate of drug-likeness (QED) is 0.763. The van der Waals surface area contributed by atoms with Crippen LogP contribution in [-0.4, -0.2) is 12.6 Å². The lowest BCUT2D eigenvalue weighted by atomic mass is 10.0. The number of rotatable bonds is 7. The van der Waals surface area contributed by atoms with Crippen molar-refractivity contribution in [3.8, 4) is 0 Å². The average Bonchev–Trinajstić information content (AvgIpc) is 2.55. The van der Waals surface area contributed by atoms with E-state index in [9.17, 15) is 0 Å². The molecule has 3 heteroatoms. The predicted octanol–water partition coefficient (Wildman–Crippen LogP) is 4.78. The van der Waals surface area contributed by atoms with E-state index in [1.165, 1.54) is 33.5 Å². The maximum atomic E-state index is 3.58. The third-order valence-electron chi connectivity index (χ3n) is 2.98. The van der Waals surface area contributed by atoms with E-state index < -0.39 is 0 Å². The van der Waals surface area contributed by atoms with Crippen LogP contribution in [0, 0.1) is 12.8 Å². The van der Waals surface area contributed by atoms with Crippen molar-refractivity contribution in [2.24, 2.45) is 5.92 Å². The highest BCUT2D eigenvalue weighted by molar-refractivity contribution is 9.10. The van der Waals surface area contributed by atoms with Crippen molar-refractivity contribution in [2.45, 2.75) is 53.0 Å². The van der Waals surface area contributed by atoms with Crippen LogP contribution in [0.3, 0.4) is 0 Å². The third kappa shape index (κ3) is 6.03. The van der Waals surface area contributed by atoms with E-state index in [0.29, 0.717) is 6.04 Å².